The van der Waals surface area contributed by atoms with Gasteiger partial charge in [0.25, 0.3) is 0 Å². The summed E-state index contributed by atoms with van der Waals surface area (Å²) in [4.78, 5) is 8.25. The van der Waals surface area contributed by atoms with E-state index in [1.807, 2.05) is 0 Å². The Morgan fingerprint density at radius 3 is 0.793 bits per heavy atom. The van der Waals surface area contributed by atoms with Gasteiger partial charge in [0.05, 0.1) is 5.09 Å². The van der Waals surface area contributed by atoms with E-state index in [-0.39, 0.29) is 0 Å². The van der Waals surface area contributed by atoms with Crippen LogP contribution in [-0.2, 0) is 0 Å². The molecule has 0 bridgehead atoms. The molecule has 0 heterocycles. The number of hydrogen-bond acceptors (Lipinski definition) is 3. The van der Waals surface area contributed by atoms with Crippen LogP contribution in [-0.4, -0.2) is 18.6 Å². The second kappa shape index (κ2) is 9.72. The van der Waals surface area contributed by atoms with Gasteiger partial charge in [0.15, 0.2) is 0 Å². The van der Waals surface area contributed by atoms with Crippen LogP contribution in [0.2, 0.25) is 0 Å². The predicted molar refractivity (Wildman–Crippen MR) is 120 cm³/mol. The van der Waals surface area contributed by atoms with Gasteiger partial charge in [0, 0.05) is 0 Å². The van der Waals surface area contributed by atoms with Crippen LogP contribution in [0.25, 0.3) is 0 Å². The first-order valence-electron chi connectivity index (χ1n) is 9.08. The molecule has 4 rings (SSSR count). The number of hydrogen-bond donors (Lipinski definition) is 0. The molecule has 29 heavy (non-hydrogen) atoms. The predicted octanol–water partition coefficient (Wildman–Crippen LogP) is 2.82. The molecule has 0 aromatic heterocycles. The molecule has 0 fully saturated rings. The first kappa shape index (κ1) is 20.4. The molecule has 0 N–H and O–H groups in total. The Kier molecular flexibility index (Phi) is 6.83. The van der Waals surface area contributed by atoms with Crippen molar-refractivity contribution in [3.05, 3.63) is 137 Å². The van der Waals surface area contributed by atoms with Crippen molar-refractivity contribution in [2.45, 2.75) is 0 Å². The van der Waals surface area contributed by atoms with E-state index in [0.29, 0.717) is 0 Å². The molecule has 0 amide bonds. The zero-order valence-corrected chi connectivity index (χ0v) is 17.5. The third kappa shape index (κ3) is 4.56. The molecule has 0 atom stereocenters. The summed E-state index contributed by atoms with van der Waals surface area (Å²) in [5.41, 5.74) is 0. The van der Waals surface area contributed by atoms with Gasteiger partial charge in [0.1, 0.15) is 0 Å². The van der Waals surface area contributed by atoms with Crippen molar-refractivity contribution in [3.8, 4) is 0 Å². The fourth-order valence-electron chi connectivity index (χ4n) is 3.50. The van der Waals surface area contributed by atoms with E-state index in [9.17, 15) is 0 Å². The number of benzene rings is 4. The van der Waals surface area contributed by atoms with Gasteiger partial charge >= 0.3 is 152 Å². The first-order valence-corrected chi connectivity index (χ1v) is 12.8. The molecule has 144 valence electrons. The molecule has 4 aromatic carbocycles. The van der Waals surface area contributed by atoms with Gasteiger partial charge in [-0.2, -0.15) is 0 Å². The van der Waals surface area contributed by atoms with Crippen LogP contribution in [0.3, 0.4) is 0 Å². The Bertz CT molecular complexity index is 859. The van der Waals surface area contributed by atoms with E-state index < -0.39 is 18.6 Å². The fourth-order valence-corrected chi connectivity index (χ4v) is 12.5. The third-order valence-corrected chi connectivity index (χ3v) is 13.6. The van der Waals surface area contributed by atoms with Crippen molar-refractivity contribution in [2.24, 2.45) is 0 Å². The molecular formula is C24H20AsNO3. The van der Waals surface area contributed by atoms with Crippen molar-refractivity contribution in [1.29, 1.82) is 0 Å². The second-order valence-corrected chi connectivity index (χ2v) is 13.4. The minimum absolute atomic E-state index is 1.45. The second-order valence-electron chi connectivity index (χ2n) is 6.24. The molecule has 0 saturated heterocycles. The first-order chi connectivity index (χ1) is 14.2. The van der Waals surface area contributed by atoms with Gasteiger partial charge in [0.2, 0.25) is 0 Å². The van der Waals surface area contributed by atoms with Gasteiger partial charge < -0.3 is 15.3 Å². The van der Waals surface area contributed by atoms with Gasteiger partial charge in [-0.1, -0.05) is 0 Å². The molecule has 4 aromatic rings. The van der Waals surface area contributed by atoms with Crippen LogP contribution in [0.1, 0.15) is 0 Å². The van der Waals surface area contributed by atoms with Crippen molar-refractivity contribution in [3.63, 3.8) is 0 Å². The minimum atomic E-state index is -2.77. The van der Waals surface area contributed by atoms with E-state index in [2.05, 4.69) is 121 Å². The maximum absolute atomic E-state index is 8.25. The third-order valence-electron chi connectivity index (χ3n) is 4.57. The summed E-state index contributed by atoms with van der Waals surface area (Å²) in [5.74, 6) is 0. The summed E-state index contributed by atoms with van der Waals surface area (Å²) in [6.45, 7) is 0. The Morgan fingerprint density at radius 1 is 0.448 bits per heavy atom. The summed E-state index contributed by atoms with van der Waals surface area (Å²) >= 11 is -2.77. The van der Waals surface area contributed by atoms with Crippen LogP contribution < -0.4 is 17.4 Å². The van der Waals surface area contributed by atoms with Crippen molar-refractivity contribution >= 4 is 31.0 Å². The van der Waals surface area contributed by atoms with Crippen LogP contribution in [0.15, 0.2) is 121 Å². The summed E-state index contributed by atoms with van der Waals surface area (Å²) in [5, 5.41) is 14.8. The quantitative estimate of drug-likeness (QED) is 0.276. The van der Waals surface area contributed by atoms with Crippen LogP contribution in [0.4, 0.5) is 0 Å². The Morgan fingerprint density at radius 2 is 0.621 bits per heavy atom. The number of rotatable bonds is 4. The maximum atomic E-state index is 8.25. The van der Waals surface area contributed by atoms with Gasteiger partial charge in [-0.25, -0.2) is 0 Å². The molecule has 0 unspecified atom stereocenters. The average Bonchev–Trinajstić information content (AvgIpc) is 2.77. The van der Waals surface area contributed by atoms with Crippen LogP contribution in [0, 0.1) is 15.3 Å². The Balaban J connectivity index is 0.000000552. The molecule has 5 heteroatoms. The molecule has 0 aliphatic rings. The van der Waals surface area contributed by atoms with Crippen molar-refractivity contribution in [1.82, 2.24) is 0 Å². The molecule has 0 radical (unpaired) electrons. The Hall–Kier alpha value is -3.36. The Labute approximate surface area is 172 Å². The monoisotopic (exact) mass is 445 g/mol. The molecule has 0 aliphatic carbocycles. The van der Waals surface area contributed by atoms with Crippen LogP contribution >= 0.6 is 0 Å². The zero-order valence-electron chi connectivity index (χ0n) is 15.7. The SMILES string of the molecule is O=[N+]([O-])[O-].c1ccc([As+](c2ccccc2)(c2ccccc2)c2ccccc2)cc1. The van der Waals surface area contributed by atoms with E-state index >= 15 is 0 Å². The van der Waals surface area contributed by atoms with E-state index in [1.54, 1.807) is 0 Å². The van der Waals surface area contributed by atoms with Gasteiger partial charge in [-0.3, -0.25) is 0 Å². The average molecular weight is 445 g/mol. The molecule has 0 aliphatic heterocycles. The van der Waals surface area contributed by atoms with Crippen molar-refractivity contribution < 1.29 is 5.09 Å². The van der Waals surface area contributed by atoms with E-state index in [0.717, 1.165) is 0 Å². The fraction of sp³-hybridized carbons (Fsp3) is 0. The standard InChI is InChI=1S/C24H20As.NO3/c1-5-13-21(14-6-1)25(22-15-7-2-8-16-22,23-17-9-3-10-18-23)24-19-11-4-12-20-24;2-1(3)4/h1-20H;/q+1;-1. The summed E-state index contributed by atoms with van der Waals surface area (Å²) < 4.78 is 5.79. The molecule has 4 nitrogen and oxygen atoms in total. The van der Waals surface area contributed by atoms with E-state index in [1.165, 1.54) is 17.4 Å². The normalized spacial score (nSPS) is 10.5. The zero-order chi connectivity index (χ0) is 20.5. The van der Waals surface area contributed by atoms with E-state index in [4.69, 9.17) is 15.3 Å². The van der Waals surface area contributed by atoms with Crippen LogP contribution in [0.5, 0.6) is 0 Å². The van der Waals surface area contributed by atoms with Gasteiger partial charge in [-0.15, -0.1) is 0 Å². The molecule has 0 spiro atoms. The summed E-state index contributed by atoms with van der Waals surface area (Å²) in [6.07, 6.45) is 0. The summed E-state index contributed by atoms with van der Waals surface area (Å²) in [6, 6.07) is 44.2. The topological polar surface area (TPSA) is 66.2 Å². The number of nitrogens with zero attached hydrogens (tertiary/aromatic N) is 1. The summed E-state index contributed by atoms with van der Waals surface area (Å²) in [7, 11) is 0. The van der Waals surface area contributed by atoms with Gasteiger partial charge in [-0.05, 0) is 0 Å². The molecular weight excluding hydrogens is 425 g/mol. The molecule has 0 saturated carbocycles. The van der Waals surface area contributed by atoms with Crippen molar-refractivity contribution in [2.75, 3.05) is 0 Å².